The van der Waals surface area contributed by atoms with Gasteiger partial charge in [-0.2, -0.15) is 0 Å². The molecule has 1 fully saturated rings. The van der Waals surface area contributed by atoms with Crippen molar-refractivity contribution in [2.24, 2.45) is 0 Å². The normalized spacial score (nSPS) is 21.9. The van der Waals surface area contributed by atoms with Gasteiger partial charge in [-0.3, -0.25) is 4.79 Å². The molecule has 0 N–H and O–H groups in total. The molecule has 1 aliphatic heterocycles. The summed E-state index contributed by atoms with van der Waals surface area (Å²) in [7, 11) is 0. The molecule has 1 heterocycles. The lowest BCUT2D eigenvalue weighted by Gasteiger charge is -2.29. The second-order valence-corrected chi connectivity index (χ2v) is 4.45. The number of hydrogen-bond donors (Lipinski definition) is 0. The first-order valence-corrected chi connectivity index (χ1v) is 4.50. The average Bonchev–Trinajstić information content (AvgIpc) is 2.27. The molecule has 0 aromatic heterocycles. The van der Waals surface area contributed by atoms with Gasteiger partial charge in [0, 0.05) is 0 Å². The predicted octanol–water partition coefficient (Wildman–Crippen LogP) is 1.39. The van der Waals surface area contributed by atoms with Crippen LogP contribution in [0.3, 0.4) is 0 Å². The van der Waals surface area contributed by atoms with Crippen LogP contribution in [0, 0.1) is 0 Å². The van der Waals surface area contributed by atoms with Gasteiger partial charge < -0.3 is 9.64 Å². The number of amides is 1. The molecular formula is C7H11Cl2NO2. The third-order valence-electron chi connectivity index (χ3n) is 1.86. The van der Waals surface area contributed by atoms with Crippen LogP contribution in [0.4, 0.5) is 0 Å². The standard InChI is InChI=1S/C7H11Cl2NO2/c1-7(2)3-12-4-10(7)6(11)5(8)9/h5H,3-4H2,1-2H3. The summed E-state index contributed by atoms with van der Waals surface area (Å²) < 4.78 is 5.13. The van der Waals surface area contributed by atoms with Gasteiger partial charge in [-0.1, -0.05) is 23.2 Å². The summed E-state index contributed by atoms with van der Waals surface area (Å²) in [4.78, 5) is 11.9. The fourth-order valence-corrected chi connectivity index (χ4v) is 1.35. The highest BCUT2D eigenvalue weighted by molar-refractivity contribution is 6.53. The van der Waals surface area contributed by atoms with Crippen molar-refractivity contribution < 1.29 is 9.53 Å². The van der Waals surface area contributed by atoms with E-state index in [1.54, 1.807) is 0 Å². The Bertz CT molecular complexity index is 194. The Hall–Kier alpha value is 0.01000. The van der Waals surface area contributed by atoms with Crippen LogP contribution in [0.2, 0.25) is 0 Å². The first-order chi connectivity index (χ1) is 5.45. The maximum absolute atomic E-state index is 11.3. The summed E-state index contributed by atoms with van der Waals surface area (Å²) in [6, 6.07) is 0. The highest BCUT2D eigenvalue weighted by Crippen LogP contribution is 2.23. The summed E-state index contributed by atoms with van der Waals surface area (Å²) in [5.74, 6) is -0.291. The summed E-state index contributed by atoms with van der Waals surface area (Å²) in [5, 5.41) is 0. The Labute approximate surface area is 81.6 Å². The quantitative estimate of drug-likeness (QED) is 0.614. The Balaban J connectivity index is 2.69. The smallest absolute Gasteiger partial charge is 0.258 e. The molecule has 0 aromatic rings. The maximum Gasteiger partial charge on any atom is 0.258 e. The van der Waals surface area contributed by atoms with Crippen LogP contribution >= 0.6 is 23.2 Å². The number of carbonyl (C=O) groups excluding carboxylic acids is 1. The van der Waals surface area contributed by atoms with Crippen LogP contribution in [0.1, 0.15) is 13.8 Å². The second-order valence-electron chi connectivity index (χ2n) is 3.36. The molecular weight excluding hydrogens is 201 g/mol. The molecule has 3 nitrogen and oxygen atoms in total. The van der Waals surface area contributed by atoms with Gasteiger partial charge in [-0.05, 0) is 13.8 Å². The zero-order valence-electron chi connectivity index (χ0n) is 7.01. The largest absolute Gasteiger partial charge is 0.359 e. The first kappa shape index (κ1) is 10.1. The van der Waals surface area contributed by atoms with E-state index in [2.05, 4.69) is 0 Å². The van der Waals surface area contributed by atoms with Crippen molar-refractivity contribution in [1.82, 2.24) is 4.90 Å². The minimum Gasteiger partial charge on any atom is -0.359 e. The Morgan fingerprint density at radius 2 is 2.17 bits per heavy atom. The highest BCUT2D eigenvalue weighted by atomic mass is 35.5. The Kier molecular flexibility index (Phi) is 2.86. The van der Waals surface area contributed by atoms with Gasteiger partial charge in [-0.25, -0.2) is 0 Å². The van der Waals surface area contributed by atoms with E-state index in [9.17, 15) is 4.79 Å². The van der Waals surface area contributed by atoms with Gasteiger partial charge in [-0.15, -0.1) is 0 Å². The van der Waals surface area contributed by atoms with Crippen LogP contribution in [-0.2, 0) is 9.53 Å². The Morgan fingerprint density at radius 1 is 1.58 bits per heavy atom. The lowest BCUT2D eigenvalue weighted by atomic mass is 10.1. The van der Waals surface area contributed by atoms with E-state index >= 15 is 0 Å². The molecule has 70 valence electrons. The van der Waals surface area contributed by atoms with Crippen molar-refractivity contribution in [3.63, 3.8) is 0 Å². The van der Waals surface area contributed by atoms with Crippen molar-refractivity contribution in [1.29, 1.82) is 0 Å². The zero-order valence-corrected chi connectivity index (χ0v) is 8.52. The van der Waals surface area contributed by atoms with Gasteiger partial charge >= 0.3 is 0 Å². The molecule has 0 atom stereocenters. The van der Waals surface area contributed by atoms with E-state index in [0.717, 1.165) is 0 Å². The van der Waals surface area contributed by atoms with E-state index in [-0.39, 0.29) is 18.2 Å². The SMILES string of the molecule is CC1(C)COCN1C(=O)C(Cl)Cl. The number of ether oxygens (including phenoxy) is 1. The molecule has 1 amide bonds. The average molecular weight is 212 g/mol. The first-order valence-electron chi connectivity index (χ1n) is 3.62. The van der Waals surface area contributed by atoms with E-state index < -0.39 is 4.84 Å². The van der Waals surface area contributed by atoms with Crippen molar-refractivity contribution in [3.05, 3.63) is 0 Å². The summed E-state index contributed by atoms with van der Waals surface area (Å²) >= 11 is 10.9. The third-order valence-corrected chi connectivity index (χ3v) is 2.23. The van der Waals surface area contributed by atoms with Crippen LogP contribution < -0.4 is 0 Å². The summed E-state index contributed by atoms with van der Waals surface area (Å²) in [6.07, 6.45) is 0. The fraction of sp³-hybridized carbons (Fsp3) is 0.857. The predicted molar refractivity (Wildman–Crippen MR) is 47.2 cm³/mol. The van der Waals surface area contributed by atoms with Crippen molar-refractivity contribution in [3.8, 4) is 0 Å². The van der Waals surface area contributed by atoms with Crippen LogP contribution in [0.25, 0.3) is 0 Å². The summed E-state index contributed by atoms with van der Waals surface area (Å²) in [6.45, 7) is 4.63. The minimum absolute atomic E-state index is 0.280. The molecule has 0 aromatic carbocycles. The maximum atomic E-state index is 11.3. The van der Waals surface area contributed by atoms with Crippen molar-refractivity contribution in [2.75, 3.05) is 13.3 Å². The molecule has 1 rings (SSSR count). The fourth-order valence-electron chi connectivity index (χ4n) is 1.12. The van der Waals surface area contributed by atoms with Crippen LogP contribution in [-0.4, -0.2) is 34.5 Å². The van der Waals surface area contributed by atoms with Crippen LogP contribution in [0.15, 0.2) is 0 Å². The van der Waals surface area contributed by atoms with Gasteiger partial charge in [0.05, 0.1) is 12.1 Å². The zero-order chi connectivity index (χ0) is 9.35. The van der Waals surface area contributed by atoms with Crippen molar-refractivity contribution >= 4 is 29.1 Å². The van der Waals surface area contributed by atoms with Gasteiger partial charge in [0.1, 0.15) is 6.73 Å². The number of rotatable bonds is 1. The minimum atomic E-state index is -0.994. The highest BCUT2D eigenvalue weighted by Gasteiger charge is 2.38. The lowest BCUT2D eigenvalue weighted by Crippen LogP contribution is -2.46. The number of halogens is 2. The van der Waals surface area contributed by atoms with Crippen molar-refractivity contribution in [2.45, 2.75) is 24.2 Å². The molecule has 0 saturated carbocycles. The third kappa shape index (κ3) is 1.84. The number of nitrogens with zero attached hydrogens (tertiary/aromatic N) is 1. The number of alkyl halides is 2. The molecule has 0 aliphatic carbocycles. The lowest BCUT2D eigenvalue weighted by molar-refractivity contribution is -0.133. The molecule has 1 aliphatic rings. The van der Waals surface area contributed by atoms with Gasteiger partial charge in [0.2, 0.25) is 0 Å². The van der Waals surface area contributed by atoms with E-state index in [0.29, 0.717) is 6.61 Å². The molecule has 5 heteroatoms. The molecule has 1 saturated heterocycles. The molecule has 0 unspecified atom stereocenters. The monoisotopic (exact) mass is 211 g/mol. The molecule has 0 spiro atoms. The van der Waals surface area contributed by atoms with E-state index in [1.807, 2.05) is 13.8 Å². The topological polar surface area (TPSA) is 29.5 Å². The molecule has 12 heavy (non-hydrogen) atoms. The summed E-state index contributed by atoms with van der Waals surface area (Å²) in [5.41, 5.74) is -0.293. The molecule has 0 bridgehead atoms. The number of carbonyl (C=O) groups is 1. The van der Waals surface area contributed by atoms with E-state index in [1.165, 1.54) is 4.90 Å². The van der Waals surface area contributed by atoms with E-state index in [4.69, 9.17) is 27.9 Å². The number of hydrogen-bond acceptors (Lipinski definition) is 2. The molecule has 0 radical (unpaired) electrons. The van der Waals surface area contributed by atoms with Crippen LogP contribution in [0.5, 0.6) is 0 Å². The Morgan fingerprint density at radius 3 is 2.50 bits per heavy atom. The van der Waals surface area contributed by atoms with Gasteiger partial charge in [0.15, 0.2) is 4.84 Å². The second kappa shape index (κ2) is 3.40. The van der Waals surface area contributed by atoms with Gasteiger partial charge in [0.25, 0.3) is 5.91 Å².